The van der Waals surface area contributed by atoms with E-state index < -0.39 is 21.7 Å². The normalized spacial score (nSPS) is 11.2. The third-order valence-electron chi connectivity index (χ3n) is 3.46. The van der Waals surface area contributed by atoms with E-state index in [-0.39, 0.29) is 24.0 Å². The molecule has 0 aliphatic carbocycles. The zero-order chi connectivity index (χ0) is 20.0. The van der Waals surface area contributed by atoms with Gasteiger partial charge in [-0.15, -0.1) is 5.10 Å². The maximum Gasteiger partial charge on any atom is 0.269 e. The molecule has 10 nitrogen and oxygen atoms in total. The quantitative estimate of drug-likeness (QED) is 0.504. The fourth-order valence-electron chi connectivity index (χ4n) is 2.15. The van der Waals surface area contributed by atoms with Gasteiger partial charge in [0.2, 0.25) is 10.0 Å². The second-order valence-corrected chi connectivity index (χ2v) is 7.27. The van der Waals surface area contributed by atoms with Gasteiger partial charge in [0.25, 0.3) is 11.9 Å². The molecule has 0 saturated carbocycles. The maximum absolute atomic E-state index is 12.9. The Balaban J connectivity index is 1.55. The molecule has 0 aliphatic heterocycles. The topological polar surface area (TPSA) is 139 Å². The Labute approximate surface area is 159 Å². The monoisotopic (exact) mass is 406 g/mol. The number of nitrogens with one attached hydrogen (secondary N) is 3. The first-order chi connectivity index (χ1) is 13.4. The van der Waals surface area contributed by atoms with E-state index in [4.69, 9.17) is 4.74 Å². The Bertz CT molecular complexity index is 1040. The van der Waals surface area contributed by atoms with Crippen molar-refractivity contribution in [3.05, 3.63) is 59.9 Å². The van der Waals surface area contributed by atoms with Crippen LogP contribution in [0.2, 0.25) is 0 Å². The van der Waals surface area contributed by atoms with E-state index in [0.717, 1.165) is 12.1 Å². The van der Waals surface area contributed by atoms with Gasteiger partial charge < -0.3 is 4.74 Å². The summed E-state index contributed by atoms with van der Waals surface area (Å²) in [5.74, 6) is -0.602. The molecule has 1 aromatic heterocycles. The van der Waals surface area contributed by atoms with Gasteiger partial charge in [0.05, 0.1) is 4.90 Å². The first-order valence-corrected chi connectivity index (χ1v) is 9.41. The third kappa shape index (κ3) is 5.31. The van der Waals surface area contributed by atoms with Crippen LogP contribution < -0.4 is 14.8 Å². The SMILES string of the molecule is O=C(COc1cccc(CNS(=O)(=O)c2ccc(F)cc2)c1)Nc1nn[nH]n1. The van der Waals surface area contributed by atoms with Crippen LogP contribution in [0.3, 0.4) is 0 Å². The van der Waals surface area contributed by atoms with Gasteiger partial charge in [-0.25, -0.2) is 17.5 Å². The molecule has 0 bridgehead atoms. The number of nitrogens with zero attached hydrogens (tertiary/aromatic N) is 3. The molecule has 3 aromatic rings. The zero-order valence-corrected chi connectivity index (χ0v) is 15.1. The molecule has 0 spiro atoms. The van der Waals surface area contributed by atoms with Crippen LogP contribution >= 0.6 is 0 Å². The summed E-state index contributed by atoms with van der Waals surface area (Å²) in [6.07, 6.45) is 0. The third-order valence-corrected chi connectivity index (χ3v) is 4.87. The van der Waals surface area contributed by atoms with Crippen molar-refractivity contribution in [2.75, 3.05) is 11.9 Å². The van der Waals surface area contributed by atoms with Crippen LogP contribution in [0.4, 0.5) is 10.3 Å². The predicted octanol–water partition coefficient (Wildman–Crippen LogP) is 0.835. The van der Waals surface area contributed by atoms with Crippen molar-refractivity contribution in [2.24, 2.45) is 0 Å². The average molecular weight is 406 g/mol. The number of hydrogen-bond donors (Lipinski definition) is 3. The molecule has 1 heterocycles. The number of hydrogen-bond acceptors (Lipinski definition) is 7. The highest BCUT2D eigenvalue weighted by Gasteiger charge is 2.14. The molecule has 3 rings (SSSR count). The second kappa shape index (κ2) is 8.54. The van der Waals surface area contributed by atoms with E-state index in [2.05, 4.69) is 30.7 Å². The number of ether oxygens (including phenoxy) is 1. The summed E-state index contributed by atoms with van der Waals surface area (Å²) < 4.78 is 45.2. The molecule has 12 heteroatoms. The van der Waals surface area contributed by atoms with Gasteiger partial charge in [-0.2, -0.15) is 5.21 Å². The molecule has 2 aromatic carbocycles. The van der Waals surface area contributed by atoms with E-state index in [9.17, 15) is 17.6 Å². The molecule has 0 fully saturated rings. The van der Waals surface area contributed by atoms with Crippen LogP contribution in [-0.2, 0) is 21.4 Å². The molecule has 28 heavy (non-hydrogen) atoms. The molecular weight excluding hydrogens is 391 g/mol. The van der Waals surface area contributed by atoms with Crippen molar-refractivity contribution in [1.82, 2.24) is 25.3 Å². The van der Waals surface area contributed by atoms with Crippen molar-refractivity contribution in [1.29, 1.82) is 0 Å². The standard InChI is InChI=1S/C16H15FN6O4S/c17-12-4-6-14(7-5-12)28(25,26)18-9-11-2-1-3-13(8-11)27-10-15(24)19-16-20-22-23-21-16/h1-8,18H,9-10H2,(H2,19,20,21,22,23,24). The first kappa shape index (κ1) is 19.4. The Morgan fingerprint density at radius 2 is 1.96 bits per heavy atom. The first-order valence-electron chi connectivity index (χ1n) is 7.93. The molecule has 146 valence electrons. The van der Waals surface area contributed by atoms with E-state index in [1.807, 2.05) is 0 Å². The van der Waals surface area contributed by atoms with Crippen LogP contribution in [0.1, 0.15) is 5.56 Å². The summed E-state index contributed by atoms with van der Waals surface area (Å²) in [6.45, 7) is -0.300. The van der Waals surface area contributed by atoms with Gasteiger partial charge in [0, 0.05) is 6.54 Å². The smallest absolute Gasteiger partial charge is 0.269 e. The Morgan fingerprint density at radius 3 is 2.68 bits per heavy atom. The molecular formula is C16H15FN6O4S. The van der Waals surface area contributed by atoms with Crippen LogP contribution in [0.25, 0.3) is 0 Å². The van der Waals surface area contributed by atoms with Crippen molar-refractivity contribution in [3.8, 4) is 5.75 Å². The number of sulfonamides is 1. The van der Waals surface area contributed by atoms with Crippen LogP contribution in [0.5, 0.6) is 5.75 Å². The number of carbonyl (C=O) groups excluding carboxylic acids is 1. The van der Waals surface area contributed by atoms with E-state index >= 15 is 0 Å². The van der Waals surface area contributed by atoms with Crippen molar-refractivity contribution >= 4 is 21.9 Å². The predicted molar refractivity (Wildman–Crippen MR) is 95.2 cm³/mol. The number of halogens is 1. The summed E-state index contributed by atoms with van der Waals surface area (Å²) in [5.41, 5.74) is 0.613. The van der Waals surface area contributed by atoms with Crippen molar-refractivity contribution in [2.45, 2.75) is 11.4 Å². The molecule has 0 unspecified atom stereocenters. The average Bonchev–Trinajstić information content (AvgIpc) is 3.18. The minimum atomic E-state index is -3.79. The number of carbonyl (C=O) groups is 1. The summed E-state index contributed by atoms with van der Waals surface area (Å²) >= 11 is 0. The van der Waals surface area contributed by atoms with Gasteiger partial charge in [-0.05, 0) is 47.2 Å². The minimum Gasteiger partial charge on any atom is -0.484 e. The van der Waals surface area contributed by atoms with E-state index in [0.29, 0.717) is 11.3 Å². The number of benzene rings is 2. The lowest BCUT2D eigenvalue weighted by Gasteiger charge is -2.09. The summed E-state index contributed by atoms with van der Waals surface area (Å²) in [5, 5.41) is 15.0. The van der Waals surface area contributed by atoms with Gasteiger partial charge in [-0.1, -0.05) is 17.2 Å². The summed E-state index contributed by atoms with van der Waals surface area (Å²) in [6, 6.07) is 11.1. The number of aromatic nitrogens is 4. The lowest BCUT2D eigenvalue weighted by atomic mass is 10.2. The maximum atomic E-state index is 12.9. The number of aromatic amines is 1. The molecule has 0 aliphatic rings. The number of H-pyrrole nitrogens is 1. The lowest BCUT2D eigenvalue weighted by molar-refractivity contribution is -0.118. The largest absolute Gasteiger partial charge is 0.484 e. The molecule has 3 N–H and O–H groups in total. The highest BCUT2D eigenvalue weighted by molar-refractivity contribution is 7.89. The molecule has 0 saturated heterocycles. The highest BCUT2D eigenvalue weighted by atomic mass is 32.2. The molecule has 0 atom stereocenters. The summed E-state index contributed by atoms with van der Waals surface area (Å²) in [4.78, 5) is 11.7. The van der Waals surface area contributed by atoms with E-state index in [1.165, 1.54) is 12.1 Å². The number of rotatable bonds is 8. The second-order valence-electron chi connectivity index (χ2n) is 5.50. The Kier molecular flexibility index (Phi) is 5.91. The summed E-state index contributed by atoms with van der Waals surface area (Å²) in [7, 11) is -3.79. The Morgan fingerprint density at radius 1 is 1.18 bits per heavy atom. The number of amides is 1. The van der Waals surface area contributed by atoms with Crippen LogP contribution in [-0.4, -0.2) is 41.6 Å². The fourth-order valence-corrected chi connectivity index (χ4v) is 3.16. The molecule has 1 amide bonds. The van der Waals surface area contributed by atoms with Gasteiger partial charge in [-0.3, -0.25) is 10.1 Å². The van der Waals surface area contributed by atoms with Gasteiger partial charge in [0.1, 0.15) is 11.6 Å². The fraction of sp³-hybridized carbons (Fsp3) is 0.125. The minimum absolute atomic E-state index is 0.00797. The zero-order valence-electron chi connectivity index (χ0n) is 14.3. The van der Waals surface area contributed by atoms with Gasteiger partial charge >= 0.3 is 0 Å². The van der Waals surface area contributed by atoms with Crippen LogP contribution in [0.15, 0.2) is 53.4 Å². The number of tetrazole rings is 1. The lowest BCUT2D eigenvalue weighted by Crippen LogP contribution is -2.23. The number of anilines is 1. The Hall–Kier alpha value is -3.38. The van der Waals surface area contributed by atoms with Crippen molar-refractivity contribution < 1.29 is 22.3 Å². The highest BCUT2D eigenvalue weighted by Crippen LogP contribution is 2.15. The van der Waals surface area contributed by atoms with Crippen LogP contribution in [0, 0.1) is 5.82 Å². The molecule has 0 radical (unpaired) electrons. The van der Waals surface area contributed by atoms with Gasteiger partial charge in [0.15, 0.2) is 6.61 Å². The van der Waals surface area contributed by atoms with E-state index in [1.54, 1.807) is 24.3 Å². The van der Waals surface area contributed by atoms with Crippen molar-refractivity contribution in [3.63, 3.8) is 0 Å².